The van der Waals surface area contributed by atoms with Crippen LogP contribution < -0.4 is 10.5 Å². The van der Waals surface area contributed by atoms with E-state index >= 15 is 0 Å². The van der Waals surface area contributed by atoms with E-state index in [-0.39, 0.29) is 6.04 Å². The van der Waals surface area contributed by atoms with E-state index in [1.165, 1.54) is 5.56 Å². The summed E-state index contributed by atoms with van der Waals surface area (Å²) in [4.78, 5) is 4.02. The minimum atomic E-state index is -0.152. The van der Waals surface area contributed by atoms with Crippen LogP contribution in [0.15, 0.2) is 42.7 Å². The Kier molecular flexibility index (Phi) is 2.99. The van der Waals surface area contributed by atoms with E-state index in [4.69, 9.17) is 10.5 Å². The molecule has 0 amide bonds. The molecule has 0 radical (unpaired) electrons. The molecule has 0 bridgehead atoms. The van der Waals surface area contributed by atoms with E-state index in [9.17, 15) is 0 Å². The summed E-state index contributed by atoms with van der Waals surface area (Å²) in [5.74, 6) is 0.980. The highest BCUT2D eigenvalue weighted by atomic mass is 16.5. The fourth-order valence-electron chi connectivity index (χ4n) is 2.41. The number of aryl methyl sites for hydroxylation is 1. The topological polar surface area (TPSA) is 48.1 Å². The standard InChI is InChI=1S/C15H16N2O/c16-14(11-6-8-17-9-7-11)13-5-1-3-12-4-2-10-18-15(12)13/h1,3,5-9,14H,2,4,10,16H2. The second-order valence-corrected chi connectivity index (χ2v) is 4.55. The Morgan fingerprint density at radius 3 is 2.83 bits per heavy atom. The number of benzene rings is 1. The van der Waals surface area contributed by atoms with E-state index in [0.717, 1.165) is 36.3 Å². The number of hydrogen-bond donors (Lipinski definition) is 1. The maximum atomic E-state index is 6.33. The van der Waals surface area contributed by atoms with Crippen LogP contribution in [0.3, 0.4) is 0 Å². The van der Waals surface area contributed by atoms with Crippen molar-refractivity contribution in [2.24, 2.45) is 5.73 Å². The highest BCUT2D eigenvalue weighted by molar-refractivity contribution is 5.47. The molecule has 18 heavy (non-hydrogen) atoms. The molecule has 1 unspecified atom stereocenters. The number of fused-ring (bicyclic) bond motifs is 1. The molecule has 0 saturated carbocycles. The van der Waals surface area contributed by atoms with Gasteiger partial charge in [-0.1, -0.05) is 18.2 Å². The summed E-state index contributed by atoms with van der Waals surface area (Å²) in [5, 5.41) is 0. The molecule has 1 atom stereocenters. The van der Waals surface area contributed by atoms with Crippen LogP contribution in [0.1, 0.15) is 29.2 Å². The summed E-state index contributed by atoms with van der Waals surface area (Å²) in [6.45, 7) is 0.785. The summed E-state index contributed by atoms with van der Waals surface area (Å²) in [6, 6.07) is 9.98. The number of nitrogens with zero attached hydrogens (tertiary/aromatic N) is 1. The van der Waals surface area contributed by atoms with Crippen LogP contribution in [0.25, 0.3) is 0 Å². The molecule has 2 heterocycles. The second-order valence-electron chi connectivity index (χ2n) is 4.55. The molecule has 1 aromatic heterocycles. The van der Waals surface area contributed by atoms with E-state index < -0.39 is 0 Å². The highest BCUT2D eigenvalue weighted by Crippen LogP contribution is 2.34. The fourth-order valence-corrected chi connectivity index (χ4v) is 2.41. The van der Waals surface area contributed by atoms with E-state index in [1.54, 1.807) is 12.4 Å². The smallest absolute Gasteiger partial charge is 0.127 e. The summed E-state index contributed by atoms with van der Waals surface area (Å²) in [7, 11) is 0. The predicted molar refractivity (Wildman–Crippen MR) is 70.5 cm³/mol. The Morgan fingerprint density at radius 2 is 2.00 bits per heavy atom. The lowest BCUT2D eigenvalue weighted by atomic mass is 9.95. The van der Waals surface area contributed by atoms with Crippen LogP contribution in [-0.4, -0.2) is 11.6 Å². The van der Waals surface area contributed by atoms with Crippen molar-refractivity contribution in [3.8, 4) is 5.75 Å². The van der Waals surface area contributed by atoms with Crippen molar-refractivity contribution in [1.82, 2.24) is 4.98 Å². The largest absolute Gasteiger partial charge is 0.493 e. The molecule has 0 saturated heterocycles. The van der Waals surface area contributed by atoms with Crippen LogP contribution >= 0.6 is 0 Å². The Morgan fingerprint density at radius 1 is 1.17 bits per heavy atom. The predicted octanol–water partition coefficient (Wildman–Crippen LogP) is 2.45. The minimum absolute atomic E-state index is 0.152. The molecule has 3 rings (SSSR count). The maximum Gasteiger partial charge on any atom is 0.127 e. The zero-order valence-corrected chi connectivity index (χ0v) is 10.2. The molecule has 0 aliphatic carbocycles. The van der Waals surface area contributed by atoms with Gasteiger partial charge in [-0.25, -0.2) is 0 Å². The van der Waals surface area contributed by atoms with Crippen LogP contribution in [0.2, 0.25) is 0 Å². The molecular weight excluding hydrogens is 224 g/mol. The van der Waals surface area contributed by atoms with Crippen molar-refractivity contribution < 1.29 is 4.74 Å². The van der Waals surface area contributed by atoms with Crippen molar-refractivity contribution in [2.75, 3.05) is 6.61 Å². The van der Waals surface area contributed by atoms with Crippen molar-refractivity contribution in [3.63, 3.8) is 0 Å². The maximum absolute atomic E-state index is 6.33. The zero-order valence-electron chi connectivity index (χ0n) is 10.2. The number of hydrogen-bond acceptors (Lipinski definition) is 3. The average Bonchev–Trinajstić information content (AvgIpc) is 2.47. The average molecular weight is 240 g/mol. The van der Waals surface area contributed by atoms with Crippen molar-refractivity contribution in [2.45, 2.75) is 18.9 Å². The lowest BCUT2D eigenvalue weighted by Crippen LogP contribution is -2.17. The summed E-state index contributed by atoms with van der Waals surface area (Å²) < 4.78 is 5.80. The molecular formula is C15H16N2O. The first-order valence-electron chi connectivity index (χ1n) is 6.26. The minimum Gasteiger partial charge on any atom is -0.493 e. The van der Waals surface area contributed by atoms with Gasteiger partial charge in [0.2, 0.25) is 0 Å². The van der Waals surface area contributed by atoms with E-state index in [0.29, 0.717) is 0 Å². The summed E-state index contributed by atoms with van der Waals surface area (Å²) in [6.07, 6.45) is 5.70. The molecule has 92 valence electrons. The van der Waals surface area contributed by atoms with E-state index in [2.05, 4.69) is 23.2 Å². The van der Waals surface area contributed by atoms with Crippen molar-refractivity contribution >= 4 is 0 Å². The lowest BCUT2D eigenvalue weighted by Gasteiger charge is -2.23. The third kappa shape index (κ3) is 1.97. The first-order chi connectivity index (χ1) is 8.86. The summed E-state index contributed by atoms with van der Waals surface area (Å²) >= 11 is 0. The molecule has 3 heteroatoms. The second kappa shape index (κ2) is 4.78. The zero-order chi connectivity index (χ0) is 12.4. The third-order valence-corrected chi connectivity index (χ3v) is 3.36. The van der Waals surface area contributed by atoms with Crippen molar-refractivity contribution in [1.29, 1.82) is 0 Å². The van der Waals surface area contributed by atoms with Crippen molar-refractivity contribution in [3.05, 3.63) is 59.4 Å². The normalized spacial score (nSPS) is 15.6. The van der Waals surface area contributed by atoms with Crippen LogP contribution in [-0.2, 0) is 6.42 Å². The Hall–Kier alpha value is -1.87. The Labute approximate surface area is 107 Å². The van der Waals surface area contributed by atoms with Gasteiger partial charge in [0.15, 0.2) is 0 Å². The first kappa shape index (κ1) is 11.2. The molecule has 1 aromatic carbocycles. The van der Waals surface area contributed by atoms with Gasteiger partial charge in [-0.3, -0.25) is 4.98 Å². The fraction of sp³-hybridized carbons (Fsp3) is 0.267. The van der Waals surface area contributed by atoms with Gasteiger partial charge in [0.05, 0.1) is 12.6 Å². The van der Waals surface area contributed by atoms with Gasteiger partial charge in [-0.05, 0) is 36.1 Å². The van der Waals surface area contributed by atoms with Gasteiger partial charge < -0.3 is 10.5 Å². The number of aromatic nitrogens is 1. The molecule has 0 fully saturated rings. The van der Waals surface area contributed by atoms with Gasteiger partial charge in [0, 0.05) is 18.0 Å². The molecule has 0 spiro atoms. The Bertz CT molecular complexity index is 539. The lowest BCUT2D eigenvalue weighted by molar-refractivity contribution is 0.284. The van der Waals surface area contributed by atoms with Gasteiger partial charge >= 0.3 is 0 Å². The SMILES string of the molecule is NC(c1ccncc1)c1cccc2c1OCCC2. The van der Waals surface area contributed by atoms with Crippen LogP contribution in [0.4, 0.5) is 0 Å². The van der Waals surface area contributed by atoms with Crippen LogP contribution in [0.5, 0.6) is 5.75 Å². The van der Waals surface area contributed by atoms with Gasteiger partial charge in [-0.15, -0.1) is 0 Å². The number of rotatable bonds is 2. The van der Waals surface area contributed by atoms with Gasteiger partial charge in [0.1, 0.15) is 5.75 Å². The monoisotopic (exact) mass is 240 g/mol. The molecule has 1 aliphatic heterocycles. The number of ether oxygens (including phenoxy) is 1. The summed E-state index contributed by atoms with van der Waals surface area (Å²) in [5.41, 5.74) is 9.73. The molecule has 2 aromatic rings. The Balaban J connectivity index is 2.02. The molecule has 1 aliphatic rings. The van der Waals surface area contributed by atoms with Gasteiger partial charge in [-0.2, -0.15) is 0 Å². The van der Waals surface area contributed by atoms with Crippen LogP contribution in [0, 0.1) is 0 Å². The first-order valence-corrected chi connectivity index (χ1v) is 6.26. The van der Waals surface area contributed by atoms with E-state index in [1.807, 2.05) is 12.1 Å². The third-order valence-electron chi connectivity index (χ3n) is 3.36. The molecule has 3 nitrogen and oxygen atoms in total. The van der Waals surface area contributed by atoms with Gasteiger partial charge in [0.25, 0.3) is 0 Å². The number of para-hydroxylation sites is 1. The number of pyridine rings is 1. The quantitative estimate of drug-likeness (QED) is 0.877. The highest BCUT2D eigenvalue weighted by Gasteiger charge is 2.19. The number of nitrogens with two attached hydrogens (primary N) is 1. The molecule has 2 N–H and O–H groups in total.